The summed E-state index contributed by atoms with van der Waals surface area (Å²) >= 11 is 0. The van der Waals surface area contributed by atoms with Gasteiger partial charge in [-0.05, 0) is 0 Å². The number of Topliss-reactive ketones (excluding diaryl/α,β-unsaturated/α-hetero) is 1. The zero-order valence-corrected chi connectivity index (χ0v) is 7.43. The number of rotatable bonds is 1. The molecule has 0 N–H and O–H groups in total. The Morgan fingerprint density at radius 2 is 1.55 bits per heavy atom. The first-order valence-electron chi connectivity index (χ1n) is 3.42. The Balaban J connectivity index is 0. The van der Waals surface area contributed by atoms with Crippen molar-refractivity contribution in [1.82, 2.24) is 0 Å². The fourth-order valence-corrected chi connectivity index (χ4v) is 0.530. The minimum absolute atomic E-state index is 0.130. The van der Waals surface area contributed by atoms with Gasteiger partial charge in [0.05, 0.1) is 0 Å². The van der Waals surface area contributed by atoms with Gasteiger partial charge in [0.2, 0.25) is 0 Å². The quantitative estimate of drug-likeness (QED) is 0.580. The van der Waals surface area contributed by atoms with Crippen LogP contribution >= 0.6 is 0 Å². The lowest BCUT2D eigenvalue weighted by Gasteiger charge is -2.13. The third kappa shape index (κ3) is 9.05. The summed E-state index contributed by atoms with van der Waals surface area (Å²) in [6.45, 7) is 7.73. The van der Waals surface area contributed by atoms with Crippen molar-refractivity contribution < 1.29 is 14.4 Å². The zero-order chi connectivity index (χ0) is 9.49. The van der Waals surface area contributed by atoms with Crippen molar-refractivity contribution in [2.75, 3.05) is 0 Å². The lowest BCUT2D eigenvalue weighted by Crippen LogP contribution is -2.18. The lowest BCUT2D eigenvalue weighted by atomic mass is 9.90. The normalized spacial score (nSPS) is 9.09. The van der Waals surface area contributed by atoms with Crippen LogP contribution in [0, 0.1) is 5.41 Å². The summed E-state index contributed by atoms with van der Waals surface area (Å²) in [4.78, 5) is 27.1. The van der Waals surface area contributed by atoms with Crippen LogP contribution in [0.1, 0.15) is 34.1 Å². The maximum Gasteiger partial charge on any atom is 0.373 e. The van der Waals surface area contributed by atoms with Gasteiger partial charge in [-0.15, -0.1) is 0 Å². The lowest BCUT2D eigenvalue weighted by molar-refractivity contribution is -0.191. The summed E-state index contributed by atoms with van der Waals surface area (Å²) in [5.74, 6) is 0.331. The molecule has 0 aromatic carbocycles. The molecule has 0 fully saturated rings. The van der Waals surface area contributed by atoms with E-state index in [9.17, 15) is 4.79 Å². The SMILES string of the molecule is CCC(=O)C(C)(C)C.O=C=O. The molecule has 0 radical (unpaired) electrons. The summed E-state index contributed by atoms with van der Waals surface area (Å²) in [6.07, 6.45) is 0.906. The molecule has 0 saturated heterocycles. The Morgan fingerprint density at radius 3 is 1.55 bits per heavy atom. The van der Waals surface area contributed by atoms with Crippen LogP contribution in [-0.2, 0) is 14.4 Å². The first-order valence-corrected chi connectivity index (χ1v) is 3.42. The highest BCUT2D eigenvalue weighted by Gasteiger charge is 2.17. The molecule has 0 aromatic heterocycles. The first kappa shape index (κ1) is 12.7. The van der Waals surface area contributed by atoms with Gasteiger partial charge in [0.15, 0.2) is 0 Å². The third-order valence-electron chi connectivity index (χ3n) is 1.16. The van der Waals surface area contributed by atoms with Gasteiger partial charge in [0, 0.05) is 11.8 Å². The molecule has 3 nitrogen and oxygen atoms in total. The maximum atomic E-state index is 10.8. The van der Waals surface area contributed by atoms with Gasteiger partial charge in [-0.3, -0.25) is 4.79 Å². The molecule has 64 valence electrons. The third-order valence-corrected chi connectivity index (χ3v) is 1.16. The summed E-state index contributed by atoms with van der Waals surface area (Å²) in [6, 6.07) is 0. The highest BCUT2D eigenvalue weighted by molar-refractivity contribution is 5.83. The minimum Gasteiger partial charge on any atom is -0.299 e. The van der Waals surface area contributed by atoms with E-state index >= 15 is 0 Å². The monoisotopic (exact) mass is 158 g/mol. The number of hydrogen-bond acceptors (Lipinski definition) is 3. The van der Waals surface area contributed by atoms with Gasteiger partial charge in [-0.1, -0.05) is 27.7 Å². The molecule has 0 rings (SSSR count). The van der Waals surface area contributed by atoms with E-state index in [1.54, 1.807) is 0 Å². The largest absolute Gasteiger partial charge is 0.373 e. The van der Waals surface area contributed by atoms with Crippen LogP contribution in [0.4, 0.5) is 0 Å². The van der Waals surface area contributed by atoms with Crippen LogP contribution in [0.15, 0.2) is 0 Å². The molecule has 11 heavy (non-hydrogen) atoms. The molecule has 0 aliphatic rings. The van der Waals surface area contributed by atoms with E-state index < -0.39 is 0 Å². The van der Waals surface area contributed by atoms with Crippen molar-refractivity contribution in [3.63, 3.8) is 0 Å². The van der Waals surface area contributed by atoms with Crippen LogP contribution in [0.3, 0.4) is 0 Å². The van der Waals surface area contributed by atoms with Crippen LogP contribution < -0.4 is 0 Å². The molecule has 0 spiro atoms. The number of carbonyl (C=O) groups is 1. The molecule has 0 heterocycles. The fraction of sp³-hybridized carbons (Fsp3) is 0.750. The minimum atomic E-state index is -0.130. The molecule has 0 atom stereocenters. The van der Waals surface area contributed by atoms with Gasteiger partial charge in [-0.25, -0.2) is 0 Å². The van der Waals surface area contributed by atoms with Crippen molar-refractivity contribution in [1.29, 1.82) is 0 Å². The summed E-state index contributed by atoms with van der Waals surface area (Å²) in [5, 5.41) is 0. The number of hydrogen-bond donors (Lipinski definition) is 0. The van der Waals surface area contributed by atoms with Gasteiger partial charge < -0.3 is 0 Å². The van der Waals surface area contributed by atoms with Crippen LogP contribution in [-0.4, -0.2) is 11.9 Å². The van der Waals surface area contributed by atoms with E-state index in [0.717, 1.165) is 0 Å². The average molecular weight is 158 g/mol. The molecule has 3 heteroatoms. The molecule has 0 aliphatic heterocycles. The molecule has 0 aromatic rings. The smallest absolute Gasteiger partial charge is 0.299 e. The molecular formula is C8H14O3. The fourth-order valence-electron chi connectivity index (χ4n) is 0.530. The van der Waals surface area contributed by atoms with E-state index in [1.807, 2.05) is 27.7 Å². The van der Waals surface area contributed by atoms with Crippen molar-refractivity contribution >= 4 is 11.9 Å². The van der Waals surface area contributed by atoms with Gasteiger partial charge >= 0.3 is 6.15 Å². The van der Waals surface area contributed by atoms with Crippen LogP contribution in [0.2, 0.25) is 0 Å². The van der Waals surface area contributed by atoms with Crippen LogP contribution in [0.25, 0.3) is 0 Å². The topological polar surface area (TPSA) is 51.2 Å². The molecule has 0 saturated carbocycles. The van der Waals surface area contributed by atoms with E-state index in [2.05, 4.69) is 0 Å². The van der Waals surface area contributed by atoms with E-state index in [0.29, 0.717) is 12.2 Å². The summed E-state index contributed by atoms with van der Waals surface area (Å²) in [5.41, 5.74) is -0.130. The summed E-state index contributed by atoms with van der Waals surface area (Å²) < 4.78 is 0. The van der Waals surface area contributed by atoms with Gasteiger partial charge in [0.1, 0.15) is 5.78 Å². The Morgan fingerprint density at radius 1 is 1.27 bits per heavy atom. The van der Waals surface area contributed by atoms with Crippen LogP contribution in [0.5, 0.6) is 0 Å². The average Bonchev–Trinajstić information content (AvgIpc) is 1.86. The molecule has 0 unspecified atom stereocenters. The molecule has 0 aliphatic carbocycles. The second kappa shape index (κ2) is 5.81. The number of carbonyl (C=O) groups excluding carboxylic acids is 3. The predicted octanol–water partition coefficient (Wildman–Crippen LogP) is 1.43. The zero-order valence-electron chi connectivity index (χ0n) is 7.43. The van der Waals surface area contributed by atoms with Gasteiger partial charge in [-0.2, -0.15) is 9.59 Å². The Bertz CT molecular complexity index is 147. The highest BCUT2D eigenvalue weighted by atomic mass is 16.2. The number of ketones is 1. The Kier molecular flexibility index (Phi) is 6.70. The van der Waals surface area contributed by atoms with Gasteiger partial charge in [0.25, 0.3) is 0 Å². The first-order chi connectivity index (χ1) is 4.90. The standard InChI is InChI=1S/C7H14O.CO2/c1-5-6(8)7(2,3)4;2-1-3/h5H2,1-4H3;. The van der Waals surface area contributed by atoms with E-state index in [-0.39, 0.29) is 11.6 Å². The van der Waals surface area contributed by atoms with Crippen molar-refractivity contribution in [2.45, 2.75) is 34.1 Å². The van der Waals surface area contributed by atoms with E-state index in [4.69, 9.17) is 9.59 Å². The predicted molar refractivity (Wildman–Crippen MR) is 39.8 cm³/mol. The van der Waals surface area contributed by atoms with E-state index in [1.165, 1.54) is 0 Å². The maximum absolute atomic E-state index is 10.8. The molecule has 0 amide bonds. The van der Waals surface area contributed by atoms with Crippen molar-refractivity contribution in [3.05, 3.63) is 0 Å². The second-order valence-corrected chi connectivity index (χ2v) is 3.11. The Hall–Kier alpha value is -0.950. The molecule has 0 bridgehead atoms. The molecular weight excluding hydrogens is 144 g/mol. The second-order valence-electron chi connectivity index (χ2n) is 3.11. The van der Waals surface area contributed by atoms with Crippen molar-refractivity contribution in [2.24, 2.45) is 5.41 Å². The van der Waals surface area contributed by atoms with Crippen molar-refractivity contribution in [3.8, 4) is 0 Å². The Labute approximate surface area is 66.8 Å². The summed E-state index contributed by atoms with van der Waals surface area (Å²) in [7, 11) is 0. The highest BCUT2D eigenvalue weighted by Crippen LogP contribution is 2.15.